The van der Waals surface area contributed by atoms with Crippen molar-refractivity contribution in [2.24, 2.45) is 5.92 Å². The normalized spacial score (nSPS) is 22.6. The number of ether oxygens (including phenoxy) is 2. The predicted octanol–water partition coefficient (Wildman–Crippen LogP) is 3.17. The first-order valence-corrected chi connectivity index (χ1v) is 11.1. The molecule has 164 valence electrons. The Morgan fingerprint density at radius 1 is 1.40 bits per heavy atom. The number of carbonyl (C=O) groups is 1. The summed E-state index contributed by atoms with van der Waals surface area (Å²) in [6, 6.07) is 2.50. The first-order chi connectivity index (χ1) is 14.4. The van der Waals surface area contributed by atoms with Crippen LogP contribution in [0.15, 0.2) is 24.0 Å². The summed E-state index contributed by atoms with van der Waals surface area (Å²) in [4.78, 5) is 19.7. The molecule has 0 aromatic carbocycles. The molecule has 4 rings (SSSR count). The summed E-state index contributed by atoms with van der Waals surface area (Å²) in [6.45, 7) is 9.15. The van der Waals surface area contributed by atoms with Gasteiger partial charge in [0.2, 0.25) is 0 Å². The summed E-state index contributed by atoms with van der Waals surface area (Å²) >= 11 is 0. The summed E-state index contributed by atoms with van der Waals surface area (Å²) in [5, 5.41) is 6.96. The average Bonchev–Trinajstić information content (AvgIpc) is 3.57. The lowest BCUT2D eigenvalue weighted by Gasteiger charge is -2.39. The first kappa shape index (κ1) is 21.0. The van der Waals surface area contributed by atoms with Crippen LogP contribution in [0.1, 0.15) is 52.1 Å². The van der Waals surface area contributed by atoms with Crippen molar-refractivity contribution >= 4 is 17.3 Å². The van der Waals surface area contributed by atoms with Crippen LogP contribution in [0.25, 0.3) is 0 Å². The topological polar surface area (TPSA) is 75.7 Å². The number of nitrogens with one attached hydrogen (secondary N) is 2. The molecular weight excluding hydrogens is 380 g/mol. The highest BCUT2D eigenvalue weighted by molar-refractivity contribution is 5.87. The number of rotatable bonds is 8. The van der Waals surface area contributed by atoms with E-state index in [1.165, 1.54) is 12.7 Å². The highest BCUT2D eigenvalue weighted by Gasteiger charge is 2.54. The monoisotopic (exact) mass is 414 g/mol. The summed E-state index contributed by atoms with van der Waals surface area (Å²) in [6.07, 6.45) is 7.68. The maximum Gasteiger partial charge on any atom is 0.317 e. The molecule has 1 aliphatic carbocycles. The van der Waals surface area contributed by atoms with Crippen LogP contribution in [-0.4, -0.2) is 50.0 Å². The number of hydrogen-bond donors (Lipinski definition) is 2. The number of pyridine rings is 1. The fourth-order valence-electron chi connectivity index (χ4n) is 4.42. The minimum Gasteiger partial charge on any atom is -0.468 e. The molecule has 0 spiro atoms. The SMILES string of the molecule is COC(=O)C1(c2cc(N[C@H]3NC=C3C)c(N(CC(C)C)C3CCOCC3)cn2)CC1. The van der Waals surface area contributed by atoms with Crippen molar-refractivity contribution in [1.82, 2.24) is 10.3 Å². The Morgan fingerprint density at radius 2 is 2.13 bits per heavy atom. The van der Waals surface area contributed by atoms with Crippen molar-refractivity contribution in [3.05, 3.63) is 29.7 Å². The maximum absolute atomic E-state index is 12.4. The molecule has 2 fully saturated rings. The molecule has 0 bridgehead atoms. The Hall–Kier alpha value is -2.28. The predicted molar refractivity (Wildman–Crippen MR) is 117 cm³/mol. The fraction of sp³-hybridized carbons (Fsp3) is 0.652. The Morgan fingerprint density at radius 3 is 2.67 bits per heavy atom. The standard InChI is InChI=1S/C23H34N4O3/c1-15(2)14-27(17-5-9-30-10-6-17)19-13-24-20(23(7-8-23)22(28)29-4)11-18(19)26-21-16(3)12-25-21/h11-13,15,17,21,25H,5-10,14H2,1-4H3,(H,24,26)/t21-/m1/s1. The van der Waals surface area contributed by atoms with E-state index >= 15 is 0 Å². The van der Waals surface area contributed by atoms with Gasteiger partial charge in [0.15, 0.2) is 0 Å². The molecule has 7 heteroatoms. The first-order valence-electron chi connectivity index (χ1n) is 11.1. The number of methoxy groups -OCH3 is 1. The van der Waals surface area contributed by atoms with E-state index in [9.17, 15) is 4.79 Å². The van der Waals surface area contributed by atoms with Gasteiger partial charge in [0.25, 0.3) is 0 Å². The molecule has 3 aliphatic rings. The summed E-state index contributed by atoms with van der Waals surface area (Å²) in [7, 11) is 1.46. The van der Waals surface area contributed by atoms with E-state index in [-0.39, 0.29) is 12.1 Å². The Bertz CT molecular complexity index is 813. The molecule has 1 saturated carbocycles. The number of aromatic nitrogens is 1. The molecule has 30 heavy (non-hydrogen) atoms. The molecule has 2 N–H and O–H groups in total. The van der Waals surface area contributed by atoms with Crippen molar-refractivity contribution in [3.63, 3.8) is 0 Å². The molecule has 7 nitrogen and oxygen atoms in total. The van der Waals surface area contributed by atoms with E-state index in [4.69, 9.17) is 14.5 Å². The summed E-state index contributed by atoms with van der Waals surface area (Å²) in [5.74, 6) is 0.337. The van der Waals surface area contributed by atoms with Gasteiger partial charge in [-0.1, -0.05) is 13.8 Å². The molecule has 0 amide bonds. The van der Waals surface area contributed by atoms with E-state index in [1.807, 2.05) is 12.4 Å². The highest BCUT2D eigenvalue weighted by Crippen LogP contribution is 2.49. The lowest BCUT2D eigenvalue weighted by atomic mass is 9.99. The van der Waals surface area contributed by atoms with Gasteiger partial charge < -0.3 is 25.0 Å². The molecule has 3 heterocycles. The van der Waals surface area contributed by atoms with Crippen LogP contribution in [0.2, 0.25) is 0 Å². The van der Waals surface area contributed by atoms with E-state index in [2.05, 4.69) is 42.4 Å². The summed E-state index contributed by atoms with van der Waals surface area (Å²) in [5.41, 5.74) is 3.60. The van der Waals surface area contributed by atoms with Crippen LogP contribution in [0.5, 0.6) is 0 Å². The smallest absolute Gasteiger partial charge is 0.317 e. The number of nitrogens with zero attached hydrogens (tertiary/aromatic N) is 2. The Labute approximate surface area is 179 Å². The van der Waals surface area contributed by atoms with Crippen LogP contribution < -0.4 is 15.5 Å². The van der Waals surface area contributed by atoms with Crippen LogP contribution >= 0.6 is 0 Å². The number of anilines is 2. The minimum atomic E-state index is -0.580. The van der Waals surface area contributed by atoms with Gasteiger partial charge >= 0.3 is 5.97 Å². The maximum atomic E-state index is 12.4. The third kappa shape index (κ3) is 4.00. The second kappa shape index (κ2) is 8.46. The molecule has 2 aliphatic heterocycles. The molecule has 1 saturated heterocycles. The summed E-state index contributed by atoms with van der Waals surface area (Å²) < 4.78 is 10.7. The Balaban J connectivity index is 1.71. The van der Waals surface area contributed by atoms with Crippen molar-refractivity contribution in [1.29, 1.82) is 0 Å². The molecule has 0 unspecified atom stereocenters. The third-order valence-electron chi connectivity index (χ3n) is 6.44. The van der Waals surface area contributed by atoms with Crippen LogP contribution in [0, 0.1) is 5.92 Å². The zero-order valence-corrected chi connectivity index (χ0v) is 18.5. The highest BCUT2D eigenvalue weighted by atomic mass is 16.5. The molecule has 1 atom stereocenters. The Kier molecular flexibility index (Phi) is 5.91. The largest absolute Gasteiger partial charge is 0.468 e. The zero-order chi connectivity index (χ0) is 21.3. The molecule has 0 radical (unpaired) electrons. The van der Waals surface area contributed by atoms with Crippen LogP contribution in [-0.2, 0) is 19.7 Å². The lowest BCUT2D eigenvalue weighted by molar-refractivity contribution is -0.143. The van der Waals surface area contributed by atoms with E-state index in [0.29, 0.717) is 12.0 Å². The molecule has 1 aromatic heterocycles. The zero-order valence-electron chi connectivity index (χ0n) is 18.5. The second-order valence-electron chi connectivity index (χ2n) is 9.18. The van der Waals surface area contributed by atoms with Gasteiger partial charge in [-0.15, -0.1) is 0 Å². The number of esters is 1. The lowest BCUT2D eigenvalue weighted by Crippen LogP contribution is -2.44. The van der Waals surface area contributed by atoms with Crippen molar-refractivity contribution in [2.75, 3.05) is 37.1 Å². The van der Waals surface area contributed by atoms with Gasteiger partial charge in [-0.2, -0.15) is 0 Å². The van der Waals surface area contributed by atoms with Gasteiger partial charge in [0.05, 0.1) is 30.4 Å². The number of hydrogen-bond acceptors (Lipinski definition) is 7. The second-order valence-corrected chi connectivity index (χ2v) is 9.18. The van der Waals surface area contributed by atoms with Gasteiger partial charge in [0, 0.05) is 32.0 Å². The van der Waals surface area contributed by atoms with E-state index in [1.54, 1.807) is 0 Å². The average molecular weight is 415 g/mol. The van der Waals surface area contributed by atoms with Gasteiger partial charge in [0.1, 0.15) is 11.6 Å². The molecular formula is C23H34N4O3. The van der Waals surface area contributed by atoms with Crippen molar-refractivity contribution < 1.29 is 14.3 Å². The fourth-order valence-corrected chi connectivity index (χ4v) is 4.42. The van der Waals surface area contributed by atoms with Gasteiger partial charge in [-0.3, -0.25) is 9.78 Å². The van der Waals surface area contributed by atoms with E-state index in [0.717, 1.165) is 62.5 Å². The van der Waals surface area contributed by atoms with Crippen LogP contribution in [0.4, 0.5) is 11.4 Å². The van der Waals surface area contributed by atoms with Crippen molar-refractivity contribution in [2.45, 2.75) is 64.1 Å². The van der Waals surface area contributed by atoms with Crippen LogP contribution in [0.3, 0.4) is 0 Å². The van der Waals surface area contributed by atoms with E-state index < -0.39 is 5.41 Å². The quantitative estimate of drug-likeness (QED) is 0.633. The van der Waals surface area contributed by atoms with Gasteiger partial charge in [-0.25, -0.2) is 0 Å². The van der Waals surface area contributed by atoms with Gasteiger partial charge in [-0.05, 0) is 50.2 Å². The minimum absolute atomic E-state index is 0.0999. The third-order valence-corrected chi connectivity index (χ3v) is 6.44. The molecule has 1 aromatic rings. The number of carbonyl (C=O) groups excluding carboxylic acids is 1. The van der Waals surface area contributed by atoms with Crippen molar-refractivity contribution in [3.8, 4) is 0 Å².